The summed E-state index contributed by atoms with van der Waals surface area (Å²) in [5.74, 6) is -3.10. The molecule has 0 aliphatic carbocycles. The lowest BCUT2D eigenvalue weighted by molar-refractivity contribution is -0.118. The molecule has 3 atom stereocenters. The van der Waals surface area contributed by atoms with Crippen molar-refractivity contribution < 1.29 is 18.4 Å². The number of thioether (sulfide) groups is 1. The second kappa shape index (κ2) is 9.89. The third kappa shape index (κ3) is 4.91. The zero-order valence-corrected chi connectivity index (χ0v) is 19.9. The molecule has 2 aliphatic rings. The third-order valence-corrected chi connectivity index (χ3v) is 7.14. The number of halogens is 2. The van der Waals surface area contributed by atoms with Crippen LogP contribution in [0.15, 0.2) is 47.4 Å². The molecule has 2 heterocycles. The molecule has 0 radical (unpaired) electrons. The van der Waals surface area contributed by atoms with Crippen molar-refractivity contribution in [2.45, 2.75) is 37.5 Å². The molecule has 2 aromatic carbocycles. The van der Waals surface area contributed by atoms with Crippen LogP contribution in [0.5, 0.6) is 0 Å². The van der Waals surface area contributed by atoms with Crippen molar-refractivity contribution in [2.75, 3.05) is 11.9 Å². The number of anilines is 1. The van der Waals surface area contributed by atoms with Gasteiger partial charge >= 0.3 is 0 Å². The lowest BCUT2D eigenvalue weighted by Gasteiger charge is -2.43. The number of nitrogens with one attached hydrogen (secondary N) is 1. The number of hydrogen-bond acceptors (Lipinski definition) is 5. The monoisotopic (exact) mass is 492 g/mol. The molecule has 35 heavy (non-hydrogen) atoms. The number of carbonyl (C=O) groups is 2. The number of carbonyl (C=O) groups excluding carboxylic acids is 2. The molecular formula is C26H22F2N4O2S. The smallest absolute Gasteiger partial charge is 0.254 e. The maximum Gasteiger partial charge on any atom is 0.254 e. The Kier molecular flexibility index (Phi) is 6.90. The van der Waals surface area contributed by atoms with Gasteiger partial charge < -0.3 is 10.2 Å². The Hall–Kier alpha value is -3.69. The van der Waals surface area contributed by atoms with E-state index >= 15 is 0 Å². The quantitative estimate of drug-likeness (QED) is 0.637. The van der Waals surface area contributed by atoms with Gasteiger partial charge in [-0.1, -0.05) is 19.9 Å². The van der Waals surface area contributed by atoms with Gasteiger partial charge in [0.1, 0.15) is 11.6 Å². The van der Waals surface area contributed by atoms with Crippen molar-refractivity contribution >= 4 is 29.3 Å². The van der Waals surface area contributed by atoms with Crippen LogP contribution in [-0.4, -0.2) is 34.6 Å². The molecule has 178 valence electrons. The number of nitrogens with zero attached hydrogens (tertiary/aromatic N) is 3. The van der Waals surface area contributed by atoms with Gasteiger partial charge in [-0.3, -0.25) is 9.59 Å². The van der Waals surface area contributed by atoms with E-state index in [1.165, 1.54) is 36.0 Å². The topological polar surface area (TPSA) is 97.0 Å². The van der Waals surface area contributed by atoms with Crippen LogP contribution in [0.1, 0.15) is 47.7 Å². The van der Waals surface area contributed by atoms with Gasteiger partial charge in [-0.25, -0.2) is 8.78 Å². The number of benzene rings is 2. The zero-order chi connectivity index (χ0) is 25.3. The average Bonchev–Trinajstić information content (AvgIpc) is 3.28. The fourth-order valence-corrected chi connectivity index (χ4v) is 5.68. The first kappa shape index (κ1) is 24.4. The molecule has 0 spiro atoms. The standard InChI is InChI=1S/C26H22F2N4O2S/c1-14(2)13-32-24(22-6-4-19(12-30)35-22)23(21-10-16(27)3-5-20(21)26(32)34)25(33)31-18-8-15(11-29)7-17(28)9-18/h3,5-10,14,19,23-24H,4,13H2,1-2H3,(H,31,33). The van der Waals surface area contributed by atoms with Crippen LogP contribution >= 0.6 is 11.8 Å². The van der Waals surface area contributed by atoms with Crippen LogP contribution in [0, 0.1) is 40.2 Å². The van der Waals surface area contributed by atoms with E-state index in [9.17, 15) is 23.6 Å². The van der Waals surface area contributed by atoms with E-state index in [0.29, 0.717) is 17.9 Å². The Morgan fingerprint density at radius 3 is 2.63 bits per heavy atom. The molecule has 2 aromatic rings. The molecule has 1 N–H and O–H groups in total. The maximum absolute atomic E-state index is 14.4. The van der Waals surface area contributed by atoms with E-state index in [4.69, 9.17) is 5.26 Å². The molecule has 0 saturated heterocycles. The summed E-state index contributed by atoms with van der Waals surface area (Å²) in [5, 5.41) is 20.9. The van der Waals surface area contributed by atoms with Gasteiger partial charge in [0, 0.05) is 22.7 Å². The molecule has 6 nitrogen and oxygen atoms in total. The maximum atomic E-state index is 14.4. The van der Waals surface area contributed by atoms with E-state index in [2.05, 4.69) is 11.4 Å². The predicted octanol–water partition coefficient (Wildman–Crippen LogP) is 4.95. The Labute approximate surface area is 206 Å². The van der Waals surface area contributed by atoms with E-state index < -0.39 is 29.5 Å². The lowest BCUT2D eigenvalue weighted by Crippen LogP contribution is -2.52. The number of nitriles is 2. The molecular weight excluding hydrogens is 470 g/mol. The highest BCUT2D eigenvalue weighted by atomic mass is 32.2. The first-order valence-corrected chi connectivity index (χ1v) is 12.0. The minimum Gasteiger partial charge on any atom is -0.330 e. The predicted molar refractivity (Wildman–Crippen MR) is 128 cm³/mol. The summed E-state index contributed by atoms with van der Waals surface area (Å²) >= 11 is 1.29. The Balaban J connectivity index is 1.84. The Morgan fingerprint density at radius 2 is 1.97 bits per heavy atom. The molecule has 0 saturated carbocycles. The molecule has 0 fully saturated rings. The van der Waals surface area contributed by atoms with Crippen LogP contribution in [0.2, 0.25) is 0 Å². The summed E-state index contributed by atoms with van der Waals surface area (Å²) in [4.78, 5) is 29.6. The fourth-order valence-electron chi connectivity index (χ4n) is 4.51. The van der Waals surface area contributed by atoms with Gasteiger partial charge in [-0.05, 0) is 54.3 Å². The van der Waals surface area contributed by atoms with Crippen LogP contribution in [0.4, 0.5) is 14.5 Å². The van der Waals surface area contributed by atoms with Gasteiger partial charge in [-0.15, -0.1) is 11.8 Å². The zero-order valence-electron chi connectivity index (χ0n) is 19.1. The first-order valence-electron chi connectivity index (χ1n) is 11.1. The van der Waals surface area contributed by atoms with Crippen molar-refractivity contribution in [3.63, 3.8) is 0 Å². The Bertz CT molecular complexity index is 1310. The number of allylic oxidation sites excluding steroid dienone is 1. The van der Waals surface area contributed by atoms with Crippen molar-refractivity contribution in [1.29, 1.82) is 10.5 Å². The SMILES string of the molecule is CC(C)CN1C(=O)c2ccc(F)cc2C(C(=O)Nc2cc(F)cc(C#N)c2)C1C1=CCC(C#N)S1. The summed E-state index contributed by atoms with van der Waals surface area (Å²) in [6.45, 7) is 4.24. The lowest BCUT2D eigenvalue weighted by atomic mass is 9.81. The highest BCUT2D eigenvalue weighted by Gasteiger charge is 2.46. The summed E-state index contributed by atoms with van der Waals surface area (Å²) in [5.41, 5.74) is 0.574. The van der Waals surface area contributed by atoms with Crippen molar-refractivity contribution in [1.82, 2.24) is 4.90 Å². The van der Waals surface area contributed by atoms with Crippen LogP contribution in [0.3, 0.4) is 0 Å². The van der Waals surface area contributed by atoms with Crippen LogP contribution < -0.4 is 5.32 Å². The summed E-state index contributed by atoms with van der Waals surface area (Å²) in [6.07, 6.45) is 2.32. The van der Waals surface area contributed by atoms with Gasteiger partial charge in [-0.2, -0.15) is 10.5 Å². The molecule has 9 heteroatoms. The van der Waals surface area contributed by atoms with Crippen molar-refractivity contribution in [2.24, 2.45) is 5.92 Å². The molecule has 2 amide bonds. The van der Waals surface area contributed by atoms with Crippen molar-refractivity contribution in [3.8, 4) is 12.1 Å². The molecule has 3 unspecified atom stereocenters. The minimum atomic E-state index is -1.01. The first-order chi connectivity index (χ1) is 16.7. The molecule has 2 aliphatic heterocycles. The normalized spacial score (nSPS) is 21.2. The second-order valence-electron chi connectivity index (χ2n) is 8.91. The van der Waals surface area contributed by atoms with E-state index in [1.807, 2.05) is 26.0 Å². The van der Waals surface area contributed by atoms with Crippen LogP contribution in [0.25, 0.3) is 0 Å². The molecule has 0 aromatic heterocycles. The van der Waals surface area contributed by atoms with Gasteiger partial charge in [0.05, 0.1) is 34.9 Å². The highest BCUT2D eigenvalue weighted by Crippen LogP contribution is 2.45. The third-order valence-electron chi connectivity index (χ3n) is 5.88. The van der Waals surface area contributed by atoms with Crippen molar-refractivity contribution in [3.05, 3.63) is 75.7 Å². The average molecular weight is 493 g/mol. The van der Waals surface area contributed by atoms with Gasteiger partial charge in [0.25, 0.3) is 5.91 Å². The second-order valence-corrected chi connectivity index (χ2v) is 10.2. The minimum absolute atomic E-state index is 0.0365. The largest absolute Gasteiger partial charge is 0.330 e. The number of rotatable bonds is 5. The molecule has 0 bridgehead atoms. The summed E-state index contributed by atoms with van der Waals surface area (Å²) in [6, 6.07) is 10.5. The van der Waals surface area contributed by atoms with E-state index in [1.54, 1.807) is 4.90 Å². The fraction of sp³-hybridized carbons (Fsp3) is 0.308. The number of hydrogen-bond donors (Lipinski definition) is 1. The van der Waals surface area contributed by atoms with Crippen LogP contribution in [-0.2, 0) is 4.79 Å². The summed E-state index contributed by atoms with van der Waals surface area (Å²) in [7, 11) is 0. The van der Waals surface area contributed by atoms with E-state index in [-0.39, 0.29) is 39.5 Å². The highest BCUT2D eigenvalue weighted by molar-refractivity contribution is 8.04. The van der Waals surface area contributed by atoms with Gasteiger partial charge in [0.2, 0.25) is 5.91 Å². The number of amides is 2. The van der Waals surface area contributed by atoms with E-state index in [0.717, 1.165) is 12.1 Å². The number of fused-ring (bicyclic) bond motifs is 1. The Morgan fingerprint density at radius 1 is 1.20 bits per heavy atom. The summed E-state index contributed by atoms with van der Waals surface area (Å²) < 4.78 is 28.4. The molecule has 4 rings (SSSR count). The van der Waals surface area contributed by atoms with Gasteiger partial charge in [0.15, 0.2) is 0 Å².